The summed E-state index contributed by atoms with van der Waals surface area (Å²) in [5, 5.41) is 7.11. The molecule has 1 aromatic carbocycles. The molecule has 4 rings (SSSR count). The van der Waals surface area contributed by atoms with Gasteiger partial charge in [0.25, 0.3) is 0 Å². The number of hydrogen-bond donors (Lipinski definition) is 2. The van der Waals surface area contributed by atoms with E-state index in [9.17, 15) is 0 Å². The number of rotatable bonds is 5. The molecule has 1 aromatic heterocycles. The molecule has 3 unspecified atom stereocenters. The third-order valence-corrected chi connectivity index (χ3v) is 6.32. The second-order valence-electron chi connectivity index (χ2n) is 9.09. The molecule has 172 valence electrons. The minimum atomic E-state index is 0.0851. The molecule has 2 aliphatic heterocycles. The second kappa shape index (κ2) is 10.4. The monoisotopic (exact) mass is 454 g/mol. The highest BCUT2D eigenvalue weighted by Gasteiger charge is 2.25. The zero-order chi connectivity index (χ0) is 22.5. The van der Waals surface area contributed by atoms with E-state index in [1.807, 2.05) is 18.2 Å². The van der Waals surface area contributed by atoms with E-state index < -0.39 is 0 Å². The summed E-state index contributed by atoms with van der Waals surface area (Å²) in [4.78, 5) is 14.3. The lowest BCUT2D eigenvalue weighted by atomic mass is 9.92. The van der Waals surface area contributed by atoms with Gasteiger partial charge in [0.05, 0.1) is 19.3 Å². The number of benzene rings is 1. The number of aromatic nitrogens is 2. The summed E-state index contributed by atoms with van der Waals surface area (Å²) >= 11 is 5.60. The maximum Gasteiger partial charge on any atom is 0.232 e. The van der Waals surface area contributed by atoms with Gasteiger partial charge in [-0.2, -0.15) is 9.97 Å². The lowest BCUT2D eigenvalue weighted by Crippen LogP contribution is -2.40. The van der Waals surface area contributed by atoms with Gasteiger partial charge in [-0.25, -0.2) is 0 Å². The van der Waals surface area contributed by atoms with E-state index in [1.165, 1.54) is 12.0 Å². The van der Waals surface area contributed by atoms with Gasteiger partial charge in [0.1, 0.15) is 11.6 Å². The smallest absolute Gasteiger partial charge is 0.232 e. The van der Waals surface area contributed by atoms with E-state index in [0.29, 0.717) is 36.1 Å². The normalized spacial score (nSPS) is 22.3. The minimum absolute atomic E-state index is 0.0851. The molecule has 32 heavy (non-hydrogen) atoms. The summed E-state index contributed by atoms with van der Waals surface area (Å²) in [5.41, 5.74) is 1.18. The van der Waals surface area contributed by atoms with E-state index in [0.717, 1.165) is 37.8 Å². The van der Waals surface area contributed by atoms with Gasteiger partial charge in [-0.1, -0.05) is 44.2 Å². The Morgan fingerprint density at radius 2 is 1.66 bits per heavy atom. The summed E-state index contributed by atoms with van der Waals surface area (Å²) in [6, 6.07) is 12.5. The van der Waals surface area contributed by atoms with Crippen molar-refractivity contribution in [2.45, 2.75) is 33.2 Å². The molecule has 0 bridgehead atoms. The van der Waals surface area contributed by atoms with Gasteiger partial charge in [-0.3, -0.25) is 0 Å². The number of piperidine rings is 1. The van der Waals surface area contributed by atoms with Crippen LogP contribution in [0.4, 0.5) is 17.6 Å². The van der Waals surface area contributed by atoms with Gasteiger partial charge in [-0.05, 0) is 43.0 Å². The molecule has 8 heteroatoms. The van der Waals surface area contributed by atoms with Crippen molar-refractivity contribution in [3.8, 4) is 0 Å². The van der Waals surface area contributed by atoms with Crippen LogP contribution in [0.2, 0.25) is 0 Å². The topological polar surface area (TPSA) is 65.6 Å². The molecule has 7 nitrogen and oxygen atoms in total. The zero-order valence-electron chi connectivity index (χ0n) is 19.3. The van der Waals surface area contributed by atoms with Crippen molar-refractivity contribution in [3.05, 3.63) is 42.0 Å². The fraction of sp³-hybridized carbons (Fsp3) is 0.542. The van der Waals surface area contributed by atoms with Crippen LogP contribution < -0.4 is 20.4 Å². The quantitative estimate of drug-likeness (QED) is 0.661. The minimum Gasteiger partial charge on any atom is -0.378 e. The van der Waals surface area contributed by atoms with Crippen LogP contribution in [0.1, 0.15) is 38.8 Å². The number of morpholine rings is 1. The molecule has 2 aromatic rings. The third kappa shape index (κ3) is 5.86. The summed E-state index contributed by atoms with van der Waals surface area (Å²) < 4.78 is 5.53. The third-order valence-electron chi connectivity index (χ3n) is 6.10. The molecule has 2 fully saturated rings. The molecule has 0 aliphatic carbocycles. The molecule has 0 amide bonds. The number of ether oxygens (including phenoxy) is 1. The van der Waals surface area contributed by atoms with Crippen molar-refractivity contribution >= 4 is 34.9 Å². The van der Waals surface area contributed by atoms with E-state index in [2.05, 4.69) is 59.4 Å². The largest absolute Gasteiger partial charge is 0.378 e. The average molecular weight is 455 g/mol. The molecule has 0 spiro atoms. The SMILES string of the molecule is CC1CC(C)CN(c2cc(N3CCOCC3)nc(NC(=S)NC(C)c3ccccc3)n2)C1. The summed E-state index contributed by atoms with van der Waals surface area (Å²) in [5.74, 6) is 3.71. The number of nitrogens with one attached hydrogen (secondary N) is 2. The molecule has 0 saturated carbocycles. The summed E-state index contributed by atoms with van der Waals surface area (Å²) in [6.07, 6.45) is 1.26. The molecule has 2 N–H and O–H groups in total. The Morgan fingerprint density at radius 1 is 1.03 bits per heavy atom. The summed E-state index contributed by atoms with van der Waals surface area (Å²) in [6.45, 7) is 11.8. The molecule has 2 saturated heterocycles. The van der Waals surface area contributed by atoms with Gasteiger partial charge >= 0.3 is 0 Å². The van der Waals surface area contributed by atoms with Crippen molar-refractivity contribution in [1.29, 1.82) is 0 Å². The summed E-state index contributed by atoms with van der Waals surface area (Å²) in [7, 11) is 0. The molecule has 2 aliphatic rings. The zero-order valence-corrected chi connectivity index (χ0v) is 20.1. The maximum absolute atomic E-state index is 5.60. The highest BCUT2D eigenvalue weighted by Crippen LogP contribution is 2.28. The molecule has 3 atom stereocenters. The Kier molecular flexibility index (Phi) is 7.42. The first kappa shape index (κ1) is 22.7. The lowest BCUT2D eigenvalue weighted by molar-refractivity contribution is 0.122. The Bertz CT molecular complexity index is 895. The van der Waals surface area contributed by atoms with Gasteiger partial charge in [-0.15, -0.1) is 0 Å². The first-order chi connectivity index (χ1) is 15.5. The Hall–Kier alpha value is -2.45. The van der Waals surface area contributed by atoms with Crippen molar-refractivity contribution in [3.63, 3.8) is 0 Å². The highest BCUT2D eigenvalue weighted by atomic mass is 32.1. The number of thiocarbonyl (C=S) groups is 1. The van der Waals surface area contributed by atoms with Crippen molar-refractivity contribution < 1.29 is 4.74 Å². The number of nitrogens with zero attached hydrogens (tertiary/aromatic N) is 4. The Labute approximate surface area is 196 Å². The van der Waals surface area contributed by atoms with Crippen molar-refractivity contribution in [2.24, 2.45) is 11.8 Å². The van der Waals surface area contributed by atoms with Crippen LogP contribution in [-0.4, -0.2) is 54.5 Å². The van der Waals surface area contributed by atoms with Gasteiger partial charge in [0, 0.05) is 32.2 Å². The number of anilines is 3. The Balaban J connectivity index is 1.53. The standard InChI is InChI=1S/C24H34N6OS/c1-17-13-18(2)16-30(15-17)22-14-21(29-9-11-31-12-10-29)26-23(27-22)28-24(32)25-19(3)20-7-5-4-6-8-20/h4-8,14,17-19H,9-13,15-16H2,1-3H3,(H2,25,26,27,28,32). The van der Waals surface area contributed by atoms with Crippen molar-refractivity contribution in [1.82, 2.24) is 15.3 Å². The van der Waals surface area contributed by atoms with Crippen LogP contribution in [-0.2, 0) is 4.74 Å². The van der Waals surface area contributed by atoms with Crippen LogP contribution >= 0.6 is 12.2 Å². The van der Waals surface area contributed by atoms with Crippen LogP contribution in [0.15, 0.2) is 36.4 Å². The number of hydrogen-bond acceptors (Lipinski definition) is 6. The van der Waals surface area contributed by atoms with Crippen LogP contribution in [0, 0.1) is 11.8 Å². The first-order valence-electron chi connectivity index (χ1n) is 11.6. The fourth-order valence-corrected chi connectivity index (χ4v) is 4.87. The van der Waals surface area contributed by atoms with Gasteiger partial charge in [0.15, 0.2) is 5.11 Å². The van der Waals surface area contributed by atoms with E-state index in [1.54, 1.807) is 0 Å². The van der Waals surface area contributed by atoms with Crippen LogP contribution in [0.5, 0.6) is 0 Å². The van der Waals surface area contributed by atoms with Crippen molar-refractivity contribution in [2.75, 3.05) is 54.5 Å². The second-order valence-corrected chi connectivity index (χ2v) is 9.50. The van der Waals surface area contributed by atoms with E-state index in [4.69, 9.17) is 26.9 Å². The fourth-order valence-electron chi connectivity index (χ4n) is 4.60. The van der Waals surface area contributed by atoms with E-state index in [-0.39, 0.29) is 6.04 Å². The van der Waals surface area contributed by atoms with Crippen LogP contribution in [0.3, 0.4) is 0 Å². The molecule has 3 heterocycles. The molecular formula is C24H34N6OS. The first-order valence-corrected chi connectivity index (χ1v) is 12.0. The van der Waals surface area contributed by atoms with Gasteiger partial charge in [0.2, 0.25) is 5.95 Å². The molecule has 0 radical (unpaired) electrons. The molecular weight excluding hydrogens is 420 g/mol. The maximum atomic E-state index is 5.60. The predicted molar refractivity (Wildman–Crippen MR) is 134 cm³/mol. The van der Waals surface area contributed by atoms with E-state index >= 15 is 0 Å². The average Bonchev–Trinajstić information content (AvgIpc) is 2.79. The predicted octanol–water partition coefficient (Wildman–Crippen LogP) is 3.84. The highest BCUT2D eigenvalue weighted by molar-refractivity contribution is 7.80. The van der Waals surface area contributed by atoms with Crippen LogP contribution in [0.25, 0.3) is 0 Å². The Morgan fingerprint density at radius 3 is 2.31 bits per heavy atom. The lowest BCUT2D eigenvalue weighted by Gasteiger charge is -2.36. The van der Waals surface area contributed by atoms with Gasteiger partial charge < -0.3 is 25.2 Å².